The van der Waals surface area contributed by atoms with Gasteiger partial charge in [0.1, 0.15) is 5.75 Å². The van der Waals surface area contributed by atoms with E-state index in [1.807, 2.05) is 0 Å². The Balaban J connectivity index is 2.46. The highest BCUT2D eigenvalue weighted by atomic mass is 16.5. The standard InChI is InChI=1S/C11H18N2O2/c1-11(2,8-15-3)13-6-9-4-5-10(14)7-12-9/h4-5,7,13-14H,6,8H2,1-3H3. The van der Waals surface area contributed by atoms with Gasteiger partial charge in [-0.1, -0.05) is 0 Å². The van der Waals surface area contributed by atoms with E-state index in [0.29, 0.717) is 13.2 Å². The largest absolute Gasteiger partial charge is 0.506 e. The molecule has 0 amide bonds. The maximum Gasteiger partial charge on any atom is 0.133 e. The van der Waals surface area contributed by atoms with Gasteiger partial charge in [0.05, 0.1) is 18.5 Å². The molecule has 0 aromatic carbocycles. The molecule has 0 saturated heterocycles. The molecule has 0 unspecified atom stereocenters. The van der Waals surface area contributed by atoms with Gasteiger partial charge in [0, 0.05) is 19.2 Å². The summed E-state index contributed by atoms with van der Waals surface area (Å²) in [4.78, 5) is 4.09. The third-order valence-corrected chi connectivity index (χ3v) is 2.06. The van der Waals surface area contributed by atoms with Gasteiger partial charge in [-0.3, -0.25) is 4.98 Å². The molecule has 0 saturated carbocycles. The summed E-state index contributed by atoms with van der Waals surface area (Å²) in [6.45, 7) is 5.44. The summed E-state index contributed by atoms with van der Waals surface area (Å²) in [7, 11) is 1.68. The fraction of sp³-hybridized carbons (Fsp3) is 0.545. The number of ether oxygens (including phenoxy) is 1. The van der Waals surface area contributed by atoms with Gasteiger partial charge < -0.3 is 15.2 Å². The van der Waals surface area contributed by atoms with E-state index in [0.717, 1.165) is 5.69 Å². The van der Waals surface area contributed by atoms with Crippen LogP contribution in [-0.4, -0.2) is 29.3 Å². The zero-order valence-electron chi connectivity index (χ0n) is 9.45. The second-order valence-electron chi connectivity index (χ2n) is 4.18. The summed E-state index contributed by atoms with van der Waals surface area (Å²) in [6.07, 6.45) is 1.44. The van der Waals surface area contributed by atoms with Crippen LogP contribution in [-0.2, 0) is 11.3 Å². The van der Waals surface area contributed by atoms with Crippen LogP contribution in [0.3, 0.4) is 0 Å². The Morgan fingerprint density at radius 1 is 1.47 bits per heavy atom. The Labute approximate surface area is 90.3 Å². The molecule has 0 bridgehead atoms. The van der Waals surface area contributed by atoms with Crippen LogP contribution in [0.2, 0.25) is 0 Å². The first kappa shape index (κ1) is 11.9. The predicted octanol–water partition coefficient (Wildman–Crippen LogP) is 1.30. The van der Waals surface area contributed by atoms with Crippen molar-refractivity contribution in [3.05, 3.63) is 24.0 Å². The van der Waals surface area contributed by atoms with Crippen LogP contribution in [0.5, 0.6) is 5.75 Å². The lowest BCUT2D eigenvalue weighted by Gasteiger charge is -2.25. The highest BCUT2D eigenvalue weighted by Crippen LogP contribution is 2.08. The number of nitrogens with one attached hydrogen (secondary N) is 1. The molecule has 0 fully saturated rings. The number of aromatic hydroxyl groups is 1. The molecule has 1 heterocycles. The minimum atomic E-state index is -0.0751. The van der Waals surface area contributed by atoms with Gasteiger partial charge in [-0.25, -0.2) is 0 Å². The summed E-state index contributed by atoms with van der Waals surface area (Å²) >= 11 is 0. The molecule has 0 atom stereocenters. The summed E-state index contributed by atoms with van der Waals surface area (Å²) in [6, 6.07) is 3.43. The first-order chi connectivity index (χ1) is 7.03. The van der Waals surface area contributed by atoms with Crippen molar-refractivity contribution in [1.29, 1.82) is 0 Å². The lowest BCUT2D eigenvalue weighted by atomic mass is 10.1. The van der Waals surface area contributed by atoms with Gasteiger partial charge in [-0.15, -0.1) is 0 Å². The van der Waals surface area contributed by atoms with Gasteiger partial charge in [0.15, 0.2) is 0 Å². The highest BCUT2D eigenvalue weighted by molar-refractivity contribution is 5.17. The van der Waals surface area contributed by atoms with E-state index in [4.69, 9.17) is 9.84 Å². The summed E-state index contributed by atoms with van der Waals surface area (Å²) < 4.78 is 5.09. The van der Waals surface area contributed by atoms with Crippen LogP contribution in [0.15, 0.2) is 18.3 Å². The van der Waals surface area contributed by atoms with E-state index >= 15 is 0 Å². The molecule has 1 aromatic heterocycles. The Morgan fingerprint density at radius 3 is 2.73 bits per heavy atom. The third kappa shape index (κ3) is 4.27. The number of nitrogens with zero attached hydrogens (tertiary/aromatic N) is 1. The maximum atomic E-state index is 9.07. The van der Waals surface area contributed by atoms with Crippen molar-refractivity contribution in [2.45, 2.75) is 25.9 Å². The van der Waals surface area contributed by atoms with Crippen LogP contribution in [0.25, 0.3) is 0 Å². The SMILES string of the molecule is COCC(C)(C)NCc1ccc(O)cn1. The van der Waals surface area contributed by atoms with E-state index in [1.54, 1.807) is 19.2 Å². The second kappa shape index (κ2) is 5.09. The lowest BCUT2D eigenvalue weighted by Crippen LogP contribution is -2.42. The molecule has 1 rings (SSSR count). The van der Waals surface area contributed by atoms with Crippen molar-refractivity contribution in [1.82, 2.24) is 10.3 Å². The number of methoxy groups -OCH3 is 1. The van der Waals surface area contributed by atoms with Crippen molar-refractivity contribution < 1.29 is 9.84 Å². The Hall–Kier alpha value is -1.13. The van der Waals surface area contributed by atoms with Gasteiger partial charge in [0.25, 0.3) is 0 Å². The molecule has 84 valence electrons. The monoisotopic (exact) mass is 210 g/mol. The van der Waals surface area contributed by atoms with Gasteiger partial charge in [-0.2, -0.15) is 0 Å². The average molecular weight is 210 g/mol. The van der Waals surface area contributed by atoms with E-state index in [2.05, 4.69) is 24.1 Å². The van der Waals surface area contributed by atoms with E-state index < -0.39 is 0 Å². The number of aromatic nitrogens is 1. The minimum absolute atomic E-state index is 0.0751. The Kier molecular flexibility index (Phi) is 4.05. The number of hydrogen-bond acceptors (Lipinski definition) is 4. The number of hydrogen-bond donors (Lipinski definition) is 2. The van der Waals surface area contributed by atoms with E-state index in [1.165, 1.54) is 6.20 Å². The van der Waals surface area contributed by atoms with Crippen molar-refractivity contribution in [3.8, 4) is 5.75 Å². The Bertz CT molecular complexity index is 296. The van der Waals surface area contributed by atoms with Gasteiger partial charge in [-0.05, 0) is 26.0 Å². The molecule has 0 aliphatic heterocycles. The molecule has 2 N–H and O–H groups in total. The summed E-state index contributed by atoms with van der Waals surface area (Å²) in [5.74, 6) is 0.190. The summed E-state index contributed by atoms with van der Waals surface area (Å²) in [5, 5.41) is 12.4. The van der Waals surface area contributed by atoms with Gasteiger partial charge in [0.2, 0.25) is 0 Å². The topological polar surface area (TPSA) is 54.4 Å². The fourth-order valence-electron chi connectivity index (χ4n) is 1.26. The van der Waals surface area contributed by atoms with Crippen molar-refractivity contribution >= 4 is 0 Å². The molecule has 4 heteroatoms. The molecule has 0 spiro atoms. The number of rotatable bonds is 5. The summed E-state index contributed by atoms with van der Waals surface area (Å²) in [5.41, 5.74) is 0.825. The fourth-order valence-corrected chi connectivity index (χ4v) is 1.26. The maximum absolute atomic E-state index is 9.07. The van der Waals surface area contributed by atoms with E-state index in [-0.39, 0.29) is 11.3 Å². The molecule has 15 heavy (non-hydrogen) atoms. The first-order valence-electron chi connectivity index (χ1n) is 4.91. The highest BCUT2D eigenvalue weighted by Gasteiger charge is 2.16. The molecular weight excluding hydrogens is 192 g/mol. The normalized spacial score (nSPS) is 11.7. The predicted molar refractivity (Wildman–Crippen MR) is 58.7 cm³/mol. The van der Waals surface area contributed by atoms with Crippen LogP contribution < -0.4 is 5.32 Å². The van der Waals surface area contributed by atoms with Crippen molar-refractivity contribution in [2.75, 3.05) is 13.7 Å². The van der Waals surface area contributed by atoms with Crippen LogP contribution in [0.4, 0.5) is 0 Å². The third-order valence-electron chi connectivity index (χ3n) is 2.06. The van der Waals surface area contributed by atoms with E-state index in [9.17, 15) is 0 Å². The average Bonchev–Trinajstić information content (AvgIpc) is 2.17. The van der Waals surface area contributed by atoms with Gasteiger partial charge >= 0.3 is 0 Å². The molecule has 1 aromatic rings. The zero-order valence-corrected chi connectivity index (χ0v) is 9.45. The second-order valence-corrected chi connectivity index (χ2v) is 4.18. The molecule has 4 nitrogen and oxygen atoms in total. The number of pyridine rings is 1. The molecule has 0 radical (unpaired) electrons. The van der Waals surface area contributed by atoms with Crippen LogP contribution in [0.1, 0.15) is 19.5 Å². The van der Waals surface area contributed by atoms with Crippen molar-refractivity contribution in [3.63, 3.8) is 0 Å². The molecule has 0 aliphatic carbocycles. The zero-order chi connectivity index (χ0) is 11.3. The Morgan fingerprint density at radius 2 is 2.20 bits per heavy atom. The van der Waals surface area contributed by atoms with Crippen LogP contribution in [0, 0.1) is 0 Å². The van der Waals surface area contributed by atoms with Crippen molar-refractivity contribution in [2.24, 2.45) is 0 Å². The molecule has 0 aliphatic rings. The minimum Gasteiger partial charge on any atom is -0.506 e. The molecular formula is C11H18N2O2. The lowest BCUT2D eigenvalue weighted by molar-refractivity contribution is 0.127. The smallest absolute Gasteiger partial charge is 0.133 e. The first-order valence-corrected chi connectivity index (χ1v) is 4.91. The van der Waals surface area contributed by atoms with Crippen LogP contribution >= 0.6 is 0 Å². The quantitative estimate of drug-likeness (QED) is 0.769.